The Morgan fingerprint density at radius 2 is 1.14 bits per heavy atom. The zero-order chi connectivity index (χ0) is 20.9. The molecule has 0 unspecified atom stereocenters. The number of aliphatic carboxylic acids is 2. The molecule has 0 atom stereocenters. The fourth-order valence-electron chi connectivity index (χ4n) is 4.62. The fraction of sp³-hybridized carbons (Fsp3) is 0.680. The highest BCUT2D eigenvalue weighted by Crippen LogP contribution is 2.50. The lowest BCUT2D eigenvalue weighted by molar-refractivity contribution is -0.144. The zero-order valence-corrected chi connectivity index (χ0v) is 17.8. The van der Waals surface area contributed by atoms with Crippen LogP contribution in [0.2, 0.25) is 0 Å². The number of rotatable bonds is 14. The van der Waals surface area contributed by atoms with Gasteiger partial charge in [0.1, 0.15) is 0 Å². The van der Waals surface area contributed by atoms with Crippen molar-refractivity contribution in [2.75, 3.05) is 0 Å². The molecule has 0 amide bonds. The van der Waals surface area contributed by atoms with E-state index in [1.165, 1.54) is 16.7 Å². The summed E-state index contributed by atoms with van der Waals surface area (Å²) in [6.45, 7) is 2.15. The van der Waals surface area contributed by atoms with Crippen molar-refractivity contribution in [1.29, 1.82) is 0 Å². The van der Waals surface area contributed by atoms with E-state index in [0.717, 1.165) is 89.9 Å². The maximum Gasteiger partial charge on any atom is 0.309 e. The Labute approximate surface area is 174 Å². The number of hydrogen-bond donors (Lipinski definition) is 2. The standard InChI is InChI=1S/C25H36O4/c1-19-16-20(8-4-2-6-10-24(12-13-24)22(26)27)18-21(17-19)9-5-3-7-11-25(14-15-25)23(28)29/h16-18H,2-15H2,1H3,(H,26,27)(H,28,29). The predicted molar refractivity (Wildman–Crippen MR) is 114 cm³/mol. The fourth-order valence-corrected chi connectivity index (χ4v) is 4.62. The van der Waals surface area contributed by atoms with Crippen molar-refractivity contribution in [3.8, 4) is 0 Å². The second kappa shape index (κ2) is 9.32. The average Bonchev–Trinajstić information content (AvgIpc) is 3.56. The van der Waals surface area contributed by atoms with Gasteiger partial charge in [-0.05, 0) is 82.3 Å². The number of carboxylic acid groups (broad SMARTS) is 2. The van der Waals surface area contributed by atoms with Gasteiger partial charge in [0.25, 0.3) is 0 Å². The van der Waals surface area contributed by atoms with Gasteiger partial charge in [0.05, 0.1) is 10.8 Å². The smallest absolute Gasteiger partial charge is 0.309 e. The quantitative estimate of drug-likeness (QED) is 0.380. The van der Waals surface area contributed by atoms with Gasteiger partial charge in [-0.15, -0.1) is 0 Å². The third-order valence-electron chi connectivity index (χ3n) is 7.05. The molecule has 0 spiro atoms. The van der Waals surface area contributed by atoms with Gasteiger partial charge < -0.3 is 10.2 Å². The molecule has 0 bridgehead atoms. The minimum Gasteiger partial charge on any atom is -0.481 e. The SMILES string of the molecule is Cc1cc(CCCCCC2(C(=O)O)CC2)cc(CCCCCC2(C(=O)O)CC2)c1. The van der Waals surface area contributed by atoms with E-state index >= 15 is 0 Å². The monoisotopic (exact) mass is 400 g/mol. The highest BCUT2D eigenvalue weighted by Gasteiger charge is 2.49. The number of aryl methyl sites for hydroxylation is 3. The third kappa shape index (κ3) is 6.07. The lowest BCUT2D eigenvalue weighted by Gasteiger charge is -2.11. The van der Waals surface area contributed by atoms with Crippen LogP contribution in [0, 0.1) is 17.8 Å². The number of unbranched alkanes of at least 4 members (excludes halogenated alkanes) is 4. The molecule has 3 rings (SSSR count). The summed E-state index contributed by atoms with van der Waals surface area (Å²) in [5.41, 5.74) is 3.34. The van der Waals surface area contributed by atoms with Gasteiger partial charge in [-0.25, -0.2) is 0 Å². The Morgan fingerprint density at radius 3 is 1.48 bits per heavy atom. The number of carbonyl (C=O) groups is 2. The first-order chi connectivity index (χ1) is 13.9. The molecule has 0 saturated heterocycles. The largest absolute Gasteiger partial charge is 0.481 e. The molecule has 0 radical (unpaired) electrons. The molecule has 4 nitrogen and oxygen atoms in total. The summed E-state index contributed by atoms with van der Waals surface area (Å²) in [5.74, 6) is -1.20. The molecule has 160 valence electrons. The molecule has 2 N–H and O–H groups in total. The summed E-state index contributed by atoms with van der Waals surface area (Å²) >= 11 is 0. The van der Waals surface area contributed by atoms with E-state index in [2.05, 4.69) is 25.1 Å². The molecule has 29 heavy (non-hydrogen) atoms. The Bertz CT molecular complexity index is 670. The van der Waals surface area contributed by atoms with Crippen molar-refractivity contribution in [3.63, 3.8) is 0 Å². The maximum atomic E-state index is 11.2. The van der Waals surface area contributed by atoms with Crippen molar-refractivity contribution >= 4 is 11.9 Å². The highest BCUT2D eigenvalue weighted by atomic mass is 16.4. The minimum absolute atomic E-state index is 0.375. The molecular formula is C25H36O4. The van der Waals surface area contributed by atoms with Crippen LogP contribution in [0.15, 0.2) is 18.2 Å². The van der Waals surface area contributed by atoms with Crippen LogP contribution in [-0.2, 0) is 22.4 Å². The van der Waals surface area contributed by atoms with Crippen LogP contribution in [0.5, 0.6) is 0 Å². The summed E-state index contributed by atoms with van der Waals surface area (Å²) in [7, 11) is 0. The lowest BCUT2D eigenvalue weighted by atomic mass is 9.95. The van der Waals surface area contributed by atoms with E-state index in [1.54, 1.807) is 0 Å². The van der Waals surface area contributed by atoms with Crippen molar-refractivity contribution in [3.05, 3.63) is 34.9 Å². The Kier molecular flexibility index (Phi) is 7.02. The number of hydrogen-bond acceptors (Lipinski definition) is 2. The van der Waals surface area contributed by atoms with Crippen LogP contribution in [0.3, 0.4) is 0 Å². The Balaban J connectivity index is 1.33. The van der Waals surface area contributed by atoms with E-state index in [0.29, 0.717) is 0 Å². The topological polar surface area (TPSA) is 74.6 Å². The molecule has 0 heterocycles. The van der Waals surface area contributed by atoms with Gasteiger partial charge in [-0.3, -0.25) is 9.59 Å². The van der Waals surface area contributed by atoms with Gasteiger partial charge in [0.2, 0.25) is 0 Å². The number of carboxylic acids is 2. The van der Waals surface area contributed by atoms with E-state index in [9.17, 15) is 19.8 Å². The first kappa shape index (κ1) is 21.9. The summed E-state index contributed by atoms with van der Waals surface area (Å²) in [6, 6.07) is 6.87. The summed E-state index contributed by atoms with van der Waals surface area (Å²) < 4.78 is 0. The van der Waals surface area contributed by atoms with Crippen LogP contribution >= 0.6 is 0 Å². The van der Waals surface area contributed by atoms with Crippen molar-refractivity contribution in [2.45, 2.75) is 96.8 Å². The molecule has 0 aliphatic heterocycles. The lowest BCUT2D eigenvalue weighted by Crippen LogP contribution is -2.14. The third-order valence-corrected chi connectivity index (χ3v) is 7.05. The van der Waals surface area contributed by atoms with E-state index in [-0.39, 0.29) is 10.8 Å². The molecule has 1 aromatic rings. The van der Waals surface area contributed by atoms with E-state index in [4.69, 9.17) is 0 Å². The van der Waals surface area contributed by atoms with Gasteiger partial charge in [0, 0.05) is 0 Å². The van der Waals surface area contributed by atoms with Gasteiger partial charge in [-0.2, -0.15) is 0 Å². The molecule has 0 aromatic heterocycles. The van der Waals surface area contributed by atoms with Crippen molar-refractivity contribution < 1.29 is 19.8 Å². The van der Waals surface area contributed by atoms with Gasteiger partial charge >= 0.3 is 11.9 Å². The molecular weight excluding hydrogens is 364 g/mol. The molecule has 4 heteroatoms. The number of benzene rings is 1. The summed E-state index contributed by atoms with van der Waals surface area (Å²) in [6.07, 6.45) is 13.7. The van der Waals surface area contributed by atoms with Crippen LogP contribution in [0.25, 0.3) is 0 Å². The minimum atomic E-state index is -0.601. The molecule has 2 saturated carbocycles. The van der Waals surface area contributed by atoms with Crippen LogP contribution < -0.4 is 0 Å². The Hall–Kier alpha value is -1.84. The van der Waals surface area contributed by atoms with Gasteiger partial charge in [0.15, 0.2) is 0 Å². The molecule has 2 aliphatic carbocycles. The van der Waals surface area contributed by atoms with E-state index in [1.807, 2.05) is 0 Å². The zero-order valence-electron chi connectivity index (χ0n) is 17.8. The first-order valence-corrected chi connectivity index (χ1v) is 11.4. The second-order valence-corrected chi connectivity index (χ2v) is 9.62. The van der Waals surface area contributed by atoms with Crippen LogP contribution in [0.4, 0.5) is 0 Å². The Morgan fingerprint density at radius 1 is 0.724 bits per heavy atom. The normalized spacial score (nSPS) is 18.4. The first-order valence-electron chi connectivity index (χ1n) is 11.4. The van der Waals surface area contributed by atoms with Crippen LogP contribution in [-0.4, -0.2) is 22.2 Å². The second-order valence-electron chi connectivity index (χ2n) is 9.62. The molecule has 2 aliphatic rings. The van der Waals surface area contributed by atoms with E-state index < -0.39 is 11.9 Å². The van der Waals surface area contributed by atoms with Crippen molar-refractivity contribution in [1.82, 2.24) is 0 Å². The maximum absolute atomic E-state index is 11.2. The predicted octanol–water partition coefficient (Wildman–Crippen LogP) is 5.93. The van der Waals surface area contributed by atoms with Crippen molar-refractivity contribution in [2.24, 2.45) is 10.8 Å². The molecule has 2 fully saturated rings. The average molecular weight is 401 g/mol. The summed E-state index contributed by atoms with van der Waals surface area (Å²) in [5, 5.41) is 18.5. The molecule has 1 aromatic carbocycles. The highest BCUT2D eigenvalue weighted by molar-refractivity contribution is 5.78. The van der Waals surface area contributed by atoms with Crippen LogP contribution in [0.1, 0.15) is 93.7 Å². The summed E-state index contributed by atoms with van der Waals surface area (Å²) in [4.78, 5) is 22.5. The van der Waals surface area contributed by atoms with Gasteiger partial charge in [-0.1, -0.05) is 49.4 Å².